The van der Waals surface area contributed by atoms with E-state index < -0.39 is 0 Å². The quantitative estimate of drug-likeness (QED) is 0.315. The number of fused-ring (bicyclic) bond motifs is 1. The normalized spacial score (nSPS) is 14.4. The van der Waals surface area contributed by atoms with E-state index in [0.717, 1.165) is 24.1 Å². The topological polar surface area (TPSA) is 69.3 Å². The maximum absolute atomic E-state index is 12.0. The van der Waals surface area contributed by atoms with Crippen molar-refractivity contribution in [3.05, 3.63) is 89.0 Å². The second-order valence-electron chi connectivity index (χ2n) is 8.57. The van der Waals surface area contributed by atoms with Crippen molar-refractivity contribution in [2.24, 2.45) is 0 Å². The van der Waals surface area contributed by atoms with E-state index in [1.807, 2.05) is 30.3 Å². The molecule has 3 aromatic rings. The fourth-order valence-electron chi connectivity index (χ4n) is 4.40. The average molecular weight is 521 g/mol. The van der Waals surface area contributed by atoms with Gasteiger partial charge < -0.3 is 29.2 Å². The third-order valence-corrected chi connectivity index (χ3v) is 6.70. The Morgan fingerprint density at radius 2 is 1.73 bits per heavy atom. The van der Waals surface area contributed by atoms with E-state index >= 15 is 0 Å². The zero-order valence-electron chi connectivity index (χ0n) is 21.4. The van der Waals surface area contributed by atoms with Gasteiger partial charge in [0.1, 0.15) is 12.4 Å². The van der Waals surface area contributed by atoms with Crippen molar-refractivity contribution in [1.82, 2.24) is 10.2 Å². The fourth-order valence-corrected chi connectivity index (χ4v) is 4.69. The summed E-state index contributed by atoms with van der Waals surface area (Å²) in [7, 11) is 3.27. The number of nitrogens with zero attached hydrogens (tertiary/aromatic N) is 1. The van der Waals surface area contributed by atoms with Crippen LogP contribution in [-0.2, 0) is 17.7 Å². The van der Waals surface area contributed by atoms with Gasteiger partial charge in [0, 0.05) is 13.1 Å². The van der Waals surface area contributed by atoms with Gasteiger partial charge in [-0.2, -0.15) is 0 Å². The van der Waals surface area contributed by atoms with Crippen molar-refractivity contribution in [1.29, 1.82) is 0 Å². The van der Waals surface area contributed by atoms with Crippen molar-refractivity contribution in [2.75, 3.05) is 34.0 Å². The lowest BCUT2D eigenvalue weighted by Gasteiger charge is -2.39. The van der Waals surface area contributed by atoms with E-state index in [4.69, 9.17) is 31.2 Å². The molecule has 194 valence electrons. The van der Waals surface area contributed by atoms with Gasteiger partial charge in [-0.15, -0.1) is 0 Å². The Balaban J connectivity index is 1.56. The Bertz CT molecular complexity index is 1220. The van der Waals surface area contributed by atoms with Gasteiger partial charge >= 0.3 is 5.97 Å². The predicted molar refractivity (Wildman–Crippen MR) is 146 cm³/mol. The molecule has 0 amide bonds. The number of ether oxygens (including phenoxy) is 4. The highest BCUT2D eigenvalue weighted by Gasteiger charge is 2.31. The molecule has 7 nitrogen and oxygen atoms in total. The molecule has 0 saturated carbocycles. The highest BCUT2D eigenvalue weighted by molar-refractivity contribution is 7.80. The number of hydrogen-bond acceptors (Lipinski definition) is 6. The van der Waals surface area contributed by atoms with Gasteiger partial charge in [0.15, 0.2) is 16.6 Å². The number of esters is 1. The number of nitrogens with one attached hydrogen (secondary N) is 1. The second-order valence-corrected chi connectivity index (χ2v) is 8.95. The summed E-state index contributed by atoms with van der Waals surface area (Å²) < 4.78 is 22.4. The number of carbonyl (C=O) groups is 1. The van der Waals surface area contributed by atoms with Crippen LogP contribution in [0.2, 0.25) is 0 Å². The zero-order chi connectivity index (χ0) is 26.2. The number of methoxy groups -OCH3 is 2. The molecule has 8 heteroatoms. The molecule has 1 atom stereocenters. The van der Waals surface area contributed by atoms with Crippen LogP contribution in [0.15, 0.2) is 66.7 Å². The van der Waals surface area contributed by atoms with Crippen LogP contribution in [-0.4, -0.2) is 50.0 Å². The largest absolute Gasteiger partial charge is 0.493 e. The van der Waals surface area contributed by atoms with Crippen LogP contribution < -0.4 is 19.5 Å². The Hall–Kier alpha value is -3.78. The van der Waals surface area contributed by atoms with E-state index in [1.165, 1.54) is 5.56 Å². The summed E-state index contributed by atoms with van der Waals surface area (Å²) in [5.74, 6) is 1.67. The summed E-state index contributed by atoms with van der Waals surface area (Å²) in [4.78, 5) is 14.1. The molecular formula is C29H32N2O5S. The highest BCUT2D eigenvalue weighted by Crippen LogP contribution is 2.38. The molecule has 0 radical (unpaired) electrons. The molecule has 1 aliphatic heterocycles. The molecule has 1 N–H and O–H groups in total. The fraction of sp³-hybridized carbons (Fsp3) is 0.310. The van der Waals surface area contributed by atoms with Gasteiger partial charge in [0.05, 0.1) is 32.4 Å². The van der Waals surface area contributed by atoms with Crippen LogP contribution in [0.4, 0.5) is 0 Å². The summed E-state index contributed by atoms with van der Waals surface area (Å²) in [5, 5.41) is 4.07. The van der Waals surface area contributed by atoms with Crippen LogP contribution in [0, 0.1) is 0 Å². The average Bonchev–Trinajstić information content (AvgIpc) is 2.94. The lowest BCUT2D eigenvalue weighted by atomic mass is 9.92. The van der Waals surface area contributed by atoms with Gasteiger partial charge in [0.2, 0.25) is 0 Å². The maximum Gasteiger partial charge on any atom is 0.338 e. The summed E-state index contributed by atoms with van der Waals surface area (Å²) in [6, 6.07) is 21.0. The summed E-state index contributed by atoms with van der Waals surface area (Å²) in [5.41, 5.74) is 3.90. The van der Waals surface area contributed by atoms with Gasteiger partial charge in [-0.1, -0.05) is 30.3 Å². The molecule has 0 saturated heterocycles. The van der Waals surface area contributed by atoms with Crippen molar-refractivity contribution in [3.63, 3.8) is 0 Å². The van der Waals surface area contributed by atoms with Crippen LogP contribution in [0.5, 0.6) is 17.2 Å². The Morgan fingerprint density at radius 1 is 1.03 bits per heavy atom. The van der Waals surface area contributed by atoms with Crippen molar-refractivity contribution in [2.45, 2.75) is 25.9 Å². The van der Waals surface area contributed by atoms with Crippen LogP contribution >= 0.6 is 12.2 Å². The Labute approximate surface area is 223 Å². The van der Waals surface area contributed by atoms with Gasteiger partial charge in [-0.3, -0.25) is 0 Å². The summed E-state index contributed by atoms with van der Waals surface area (Å²) in [6.45, 7) is 3.85. The number of rotatable bonds is 9. The second kappa shape index (κ2) is 12.5. The van der Waals surface area contributed by atoms with Crippen molar-refractivity contribution < 1.29 is 23.7 Å². The first-order valence-electron chi connectivity index (χ1n) is 12.3. The minimum atomic E-state index is -0.350. The monoisotopic (exact) mass is 520 g/mol. The zero-order valence-corrected chi connectivity index (χ0v) is 22.2. The van der Waals surface area contributed by atoms with E-state index in [9.17, 15) is 4.79 Å². The highest BCUT2D eigenvalue weighted by atomic mass is 32.1. The number of carbonyl (C=O) groups excluding carboxylic acids is 1. The number of hydrogen-bond donors (Lipinski definition) is 1. The molecule has 0 aliphatic carbocycles. The number of benzene rings is 3. The third-order valence-electron chi connectivity index (χ3n) is 6.32. The van der Waals surface area contributed by atoms with Gasteiger partial charge in [-0.25, -0.2) is 4.79 Å². The lowest BCUT2D eigenvalue weighted by Crippen LogP contribution is -2.47. The molecule has 4 rings (SSSR count). The van der Waals surface area contributed by atoms with Crippen molar-refractivity contribution >= 4 is 23.3 Å². The molecule has 1 aliphatic rings. The molecule has 0 bridgehead atoms. The Kier molecular flexibility index (Phi) is 8.85. The van der Waals surface area contributed by atoms with Crippen LogP contribution in [0.1, 0.15) is 40.0 Å². The minimum absolute atomic E-state index is 0.149. The molecule has 3 aromatic carbocycles. The first-order chi connectivity index (χ1) is 18.0. The third kappa shape index (κ3) is 6.32. The standard InChI is InChI=1S/C29H32N2O5S/c1-4-35-28(32)21-10-12-23(13-11-21)36-19-25-24-17-27(34-3)26(33-2)16-22(24)14-15-31(25)29(37)30-18-20-8-6-5-7-9-20/h5-13,16-17,25H,4,14-15,18-19H2,1-3H3,(H,30,37)/t25-/m1/s1. The summed E-state index contributed by atoms with van der Waals surface area (Å²) >= 11 is 5.84. The van der Waals surface area contributed by atoms with E-state index in [-0.39, 0.29) is 12.0 Å². The van der Waals surface area contributed by atoms with E-state index in [0.29, 0.717) is 47.7 Å². The van der Waals surface area contributed by atoms with Gasteiger partial charge in [0.25, 0.3) is 0 Å². The first-order valence-corrected chi connectivity index (χ1v) is 12.7. The SMILES string of the molecule is CCOC(=O)c1ccc(OC[C@@H]2c3cc(OC)c(OC)cc3CCN2C(=S)NCc2ccccc2)cc1. The maximum atomic E-state index is 12.0. The van der Waals surface area contributed by atoms with E-state index in [1.54, 1.807) is 45.4 Å². The molecule has 1 heterocycles. The molecule has 0 unspecified atom stereocenters. The van der Waals surface area contributed by atoms with E-state index in [2.05, 4.69) is 22.3 Å². The molecule has 0 fully saturated rings. The molecule has 0 spiro atoms. The molecule has 0 aromatic heterocycles. The summed E-state index contributed by atoms with van der Waals surface area (Å²) in [6.07, 6.45) is 0.813. The lowest BCUT2D eigenvalue weighted by molar-refractivity contribution is 0.0526. The Morgan fingerprint density at radius 3 is 2.41 bits per heavy atom. The van der Waals surface area contributed by atoms with Gasteiger partial charge in [-0.05, 0) is 78.7 Å². The first kappa shape index (κ1) is 26.3. The molecular weight excluding hydrogens is 488 g/mol. The van der Waals surface area contributed by atoms with Crippen LogP contribution in [0.3, 0.4) is 0 Å². The number of thiocarbonyl (C=S) groups is 1. The van der Waals surface area contributed by atoms with Crippen molar-refractivity contribution in [3.8, 4) is 17.2 Å². The van der Waals surface area contributed by atoms with Crippen LogP contribution in [0.25, 0.3) is 0 Å². The predicted octanol–water partition coefficient (Wildman–Crippen LogP) is 4.93. The minimum Gasteiger partial charge on any atom is -0.493 e. The smallest absolute Gasteiger partial charge is 0.338 e. The molecule has 37 heavy (non-hydrogen) atoms.